The number of rotatable bonds is 5. The lowest BCUT2D eigenvalue weighted by molar-refractivity contribution is 0.0696. The van der Waals surface area contributed by atoms with Crippen molar-refractivity contribution in [1.82, 2.24) is 9.55 Å². The maximum absolute atomic E-state index is 11.7. The predicted molar refractivity (Wildman–Crippen MR) is 116 cm³/mol. The second-order valence-electron chi connectivity index (χ2n) is 6.41. The zero-order valence-electron chi connectivity index (χ0n) is 15.7. The Morgan fingerprint density at radius 2 is 1.83 bits per heavy atom. The van der Waals surface area contributed by atoms with Crippen molar-refractivity contribution >= 4 is 28.9 Å². The number of halogens is 1. The SMILES string of the molecule is COc1ccc(-c2nc(-c3cc(C(=O)O)c(C)n3-c3ccc(Cl)cc3)cs2)cc1. The Kier molecular flexibility index (Phi) is 5.13. The van der Waals surface area contributed by atoms with Crippen LogP contribution in [0.4, 0.5) is 0 Å². The molecule has 29 heavy (non-hydrogen) atoms. The molecule has 1 N–H and O–H groups in total. The molecule has 0 atom stereocenters. The average Bonchev–Trinajstić information content (AvgIpc) is 3.34. The van der Waals surface area contributed by atoms with E-state index in [1.807, 2.05) is 46.3 Å². The van der Waals surface area contributed by atoms with Gasteiger partial charge in [-0.2, -0.15) is 0 Å². The van der Waals surface area contributed by atoms with E-state index in [0.29, 0.717) is 16.4 Å². The third-order valence-electron chi connectivity index (χ3n) is 4.67. The zero-order valence-corrected chi connectivity index (χ0v) is 17.3. The van der Waals surface area contributed by atoms with E-state index in [1.165, 1.54) is 11.3 Å². The third kappa shape index (κ3) is 3.64. The Morgan fingerprint density at radius 3 is 2.45 bits per heavy atom. The minimum Gasteiger partial charge on any atom is -0.497 e. The highest BCUT2D eigenvalue weighted by Gasteiger charge is 2.21. The molecular weight excluding hydrogens is 408 g/mol. The molecule has 0 saturated heterocycles. The molecule has 2 aromatic carbocycles. The topological polar surface area (TPSA) is 64.3 Å². The van der Waals surface area contributed by atoms with E-state index in [2.05, 4.69) is 0 Å². The number of ether oxygens (including phenoxy) is 1. The largest absolute Gasteiger partial charge is 0.497 e. The molecule has 0 spiro atoms. The number of benzene rings is 2. The number of carboxylic acids is 1. The maximum atomic E-state index is 11.7. The fourth-order valence-electron chi connectivity index (χ4n) is 3.19. The monoisotopic (exact) mass is 424 g/mol. The van der Waals surface area contributed by atoms with Crippen molar-refractivity contribution < 1.29 is 14.6 Å². The van der Waals surface area contributed by atoms with Gasteiger partial charge in [-0.1, -0.05) is 11.6 Å². The molecule has 7 heteroatoms. The first-order valence-corrected chi connectivity index (χ1v) is 10.1. The van der Waals surface area contributed by atoms with Crippen molar-refractivity contribution in [3.8, 4) is 33.4 Å². The average molecular weight is 425 g/mol. The van der Waals surface area contributed by atoms with Gasteiger partial charge < -0.3 is 14.4 Å². The maximum Gasteiger partial charge on any atom is 0.337 e. The van der Waals surface area contributed by atoms with Crippen molar-refractivity contribution in [2.45, 2.75) is 6.92 Å². The van der Waals surface area contributed by atoms with Crippen molar-refractivity contribution in [2.24, 2.45) is 0 Å². The Balaban J connectivity index is 1.82. The van der Waals surface area contributed by atoms with Gasteiger partial charge in [0.1, 0.15) is 10.8 Å². The number of nitrogens with zero attached hydrogens (tertiary/aromatic N) is 2. The molecule has 4 aromatic rings. The molecule has 0 saturated carbocycles. The summed E-state index contributed by atoms with van der Waals surface area (Å²) in [5.74, 6) is -0.189. The number of carbonyl (C=O) groups is 1. The van der Waals surface area contributed by atoms with E-state index in [0.717, 1.165) is 27.7 Å². The molecule has 5 nitrogen and oxygen atoms in total. The second kappa shape index (κ2) is 7.73. The lowest BCUT2D eigenvalue weighted by Gasteiger charge is -2.11. The fraction of sp³-hybridized carbons (Fsp3) is 0.0909. The highest BCUT2D eigenvalue weighted by Crippen LogP contribution is 2.34. The van der Waals surface area contributed by atoms with Crippen LogP contribution in [0.5, 0.6) is 5.75 Å². The predicted octanol–water partition coefficient (Wildman–Crippen LogP) is 5.94. The number of aromatic carboxylic acids is 1. The summed E-state index contributed by atoms with van der Waals surface area (Å²) in [5.41, 5.74) is 4.11. The molecule has 0 bridgehead atoms. The summed E-state index contributed by atoms with van der Waals surface area (Å²) in [6.45, 7) is 1.79. The van der Waals surface area contributed by atoms with Crippen LogP contribution in [0, 0.1) is 6.92 Å². The molecule has 0 aliphatic rings. The molecule has 2 aromatic heterocycles. The molecule has 146 valence electrons. The molecular formula is C22H17ClN2O3S. The fourth-order valence-corrected chi connectivity index (χ4v) is 4.14. The van der Waals surface area contributed by atoms with Crippen LogP contribution < -0.4 is 4.74 Å². The molecule has 0 fully saturated rings. The first-order valence-electron chi connectivity index (χ1n) is 8.80. The van der Waals surface area contributed by atoms with Gasteiger partial charge in [0.25, 0.3) is 0 Å². The van der Waals surface area contributed by atoms with Crippen molar-refractivity contribution in [2.75, 3.05) is 7.11 Å². The number of methoxy groups -OCH3 is 1. The van der Waals surface area contributed by atoms with E-state index < -0.39 is 5.97 Å². The standard InChI is InChI=1S/C22H17ClN2O3S/c1-13-18(22(26)27)11-20(25(13)16-7-5-15(23)6-8-16)19-12-29-21(24-19)14-3-9-17(28-2)10-4-14/h3-12H,1-2H3,(H,26,27). The van der Waals surface area contributed by atoms with Gasteiger partial charge in [-0.3, -0.25) is 0 Å². The summed E-state index contributed by atoms with van der Waals surface area (Å²) in [6, 6.07) is 16.6. The van der Waals surface area contributed by atoms with Gasteiger partial charge in [-0.15, -0.1) is 11.3 Å². The first kappa shape index (κ1) is 19.2. The summed E-state index contributed by atoms with van der Waals surface area (Å²) in [5, 5.41) is 13.0. The van der Waals surface area contributed by atoms with Crippen molar-refractivity contribution in [3.63, 3.8) is 0 Å². The van der Waals surface area contributed by atoms with Crippen molar-refractivity contribution in [1.29, 1.82) is 0 Å². The van der Waals surface area contributed by atoms with Crippen LogP contribution >= 0.6 is 22.9 Å². The normalized spacial score (nSPS) is 10.9. The van der Waals surface area contributed by atoms with Crippen molar-refractivity contribution in [3.05, 3.63) is 76.3 Å². The molecule has 4 rings (SSSR count). The number of hydrogen-bond acceptors (Lipinski definition) is 4. The molecule has 0 aliphatic carbocycles. The number of carboxylic acid groups (broad SMARTS) is 1. The van der Waals surface area contributed by atoms with Crippen LogP contribution in [-0.2, 0) is 0 Å². The van der Waals surface area contributed by atoms with Crippen LogP contribution in [0.1, 0.15) is 16.1 Å². The Hall–Kier alpha value is -3.09. The number of aromatic nitrogens is 2. The van der Waals surface area contributed by atoms with Gasteiger partial charge in [0.2, 0.25) is 0 Å². The second-order valence-corrected chi connectivity index (χ2v) is 7.71. The van der Waals surface area contributed by atoms with Gasteiger partial charge in [0.15, 0.2) is 0 Å². The molecule has 0 aliphatic heterocycles. The van der Waals surface area contributed by atoms with E-state index in [1.54, 1.807) is 32.2 Å². The van der Waals surface area contributed by atoms with Gasteiger partial charge in [0.05, 0.1) is 24.1 Å². The summed E-state index contributed by atoms with van der Waals surface area (Å²) in [7, 11) is 1.63. The minimum atomic E-state index is -0.970. The van der Waals surface area contributed by atoms with E-state index in [4.69, 9.17) is 21.3 Å². The van der Waals surface area contributed by atoms with Crippen LogP contribution in [0.2, 0.25) is 5.02 Å². The highest BCUT2D eigenvalue weighted by atomic mass is 35.5. The Morgan fingerprint density at radius 1 is 1.14 bits per heavy atom. The van der Waals surface area contributed by atoms with E-state index in [9.17, 15) is 9.90 Å². The summed E-state index contributed by atoms with van der Waals surface area (Å²) < 4.78 is 7.10. The minimum absolute atomic E-state index is 0.244. The first-order chi connectivity index (χ1) is 14.0. The molecule has 0 amide bonds. The lowest BCUT2D eigenvalue weighted by atomic mass is 10.2. The molecule has 2 heterocycles. The summed E-state index contributed by atoms with van der Waals surface area (Å²) >= 11 is 7.53. The van der Waals surface area contributed by atoms with E-state index >= 15 is 0 Å². The molecule has 0 unspecified atom stereocenters. The smallest absolute Gasteiger partial charge is 0.337 e. The Bertz CT molecular complexity index is 1180. The van der Waals surface area contributed by atoms with Gasteiger partial charge >= 0.3 is 5.97 Å². The van der Waals surface area contributed by atoms with Crippen LogP contribution in [-0.4, -0.2) is 27.7 Å². The third-order valence-corrected chi connectivity index (χ3v) is 5.81. The van der Waals surface area contributed by atoms with Crippen LogP contribution in [0.15, 0.2) is 60.0 Å². The summed E-state index contributed by atoms with van der Waals surface area (Å²) in [4.78, 5) is 16.5. The highest BCUT2D eigenvalue weighted by molar-refractivity contribution is 7.13. The number of hydrogen-bond donors (Lipinski definition) is 1. The zero-order chi connectivity index (χ0) is 20.5. The van der Waals surface area contributed by atoms with Gasteiger partial charge in [0, 0.05) is 27.3 Å². The molecule has 0 radical (unpaired) electrons. The Labute approximate surface area is 176 Å². The summed E-state index contributed by atoms with van der Waals surface area (Å²) in [6.07, 6.45) is 0. The van der Waals surface area contributed by atoms with Gasteiger partial charge in [-0.25, -0.2) is 9.78 Å². The van der Waals surface area contributed by atoms with E-state index in [-0.39, 0.29) is 5.56 Å². The van der Waals surface area contributed by atoms with Crippen LogP contribution in [0.25, 0.3) is 27.6 Å². The quantitative estimate of drug-likeness (QED) is 0.430. The lowest BCUT2D eigenvalue weighted by Crippen LogP contribution is -2.02. The van der Waals surface area contributed by atoms with Crippen LogP contribution in [0.3, 0.4) is 0 Å². The number of thiazole rings is 1. The van der Waals surface area contributed by atoms with Gasteiger partial charge in [-0.05, 0) is 61.5 Å².